The lowest BCUT2D eigenvalue weighted by Crippen LogP contribution is -2.04. The van der Waals surface area contributed by atoms with Gasteiger partial charge < -0.3 is 5.11 Å². The van der Waals surface area contributed by atoms with Gasteiger partial charge in [0.15, 0.2) is 0 Å². The molecule has 4 nitrogen and oxygen atoms in total. The number of halogens is 1. The lowest BCUT2D eigenvalue weighted by molar-refractivity contribution is 0.277. The van der Waals surface area contributed by atoms with Gasteiger partial charge in [0.05, 0.1) is 18.0 Å². The average Bonchev–Trinajstić information content (AvgIpc) is 3.07. The summed E-state index contributed by atoms with van der Waals surface area (Å²) in [6, 6.07) is 10.3. The summed E-state index contributed by atoms with van der Waals surface area (Å²) in [4.78, 5) is 0.982. The molecule has 20 heavy (non-hydrogen) atoms. The monoisotopic (exact) mass is 289 g/mol. The third kappa shape index (κ3) is 2.48. The van der Waals surface area contributed by atoms with Crippen LogP contribution < -0.4 is 0 Å². The molecule has 6 heteroatoms. The minimum atomic E-state index is -0.275. The van der Waals surface area contributed by atoms with E-state index in [2.05, 4.69) is 10.3 Å². The average molecular weight is 289 g/mol. The van der Waals surface area contributed by atoms with Crippen molar-refractivity contribution in [1.82, 2.24) is 15.0 Å². The zero-order chi connectivity index (χ0) is 13.9. The number of aliphatic hydroxyl groups is 1. The molecule has 0 saturated carbocycles. The molecule has 0 aliphatic heterocycles. The second kappa shape index (κ2) is 5.52. The van der Waals surface area contributed by atoms with E-state index in [0.29, 0.717) is 12.2 Å². The van der Waals surface area contributed by atoms with E-state index >= 15 is 0 Å². The number of hydrogen-bond donors (Lipinski definition) is 1. The quantitative estimate of drug-likeness (QED) is 0.803. The third-order valence-corrected chi connectivity index (χ3v) is 3.81. The summed E-state index contributed by atoms with van der Waals surface area (Å²) in [7, 11) is 0. The van der Waals surface area contributed by atoms with Crippen molar-refractivity contribution in [3.05, 3.63) is 58.9 Å². The van der Waals surface area contributed by atoms with Crippen LogP contribution in [0.1, 0.15) is 11.3 Å². The van der Waals surface area contributed by atoms with Crippen LogP contribution in [0.15, 0.2) is 41.8 Å². The molecule has 3 rings (SSSR count). The normalized spacial score (nSPS) is 10.9. The van der Waals surface area contributed by atoms with Gasteiger partial charge in [-0.3, -0.25) is 0 Å². The highest BCUT2D eigenvalue weighted by Gasteiger charge is 2.15. The van der Waals surface area contributed by atoms with Crippen molar-refractivity contribution in [3.63, 3.8) is 0 Å². The minimum Gasteiger partial charge on any atom is -0.390 e. The van der Waals surface area contributed by atoms with E-state index in [1.165, 1.54) is 12.1 Å². The molecule has 0 aliphatic carbocycles. The van der Waals surface area contributed by atoms with Crippen LogP contribution >= 0.6 is 11.3 Å². The highest BCUT2D eigenvalue weighted by molar-refractivity contribution is 7.13. The fraction of sp³-hybridized carbons (Fsp3) is 0.143. The largest absolute Gasteiger partial charge is 0.390 e. The van der Waals surface area contributed by atoms with Crippen LogP contribution in [0.4, 0.5) is 4.39 Å². The first-order chi connectivity index (χ1) is 9.78. The smallest absolute Gasteiger partial charge is 0.123 e. The highest BCUT2D eigenvalue weighted by atomic mass is 32.1. The van der Waals surface area contributed by atoms with E-state index in [9.17, 15) is 9.50 Å². The summed E-state index contributed by atoms with van der Waals surface area (Å²) in [5, 5.41) is 19.4. The fourth-order valence-corrected chi connectivity index (χ4v) is 2.85. The van der Waals surface area contributed by atoms with E-state index in [-0.39, 0.29) is 12.4 Å². The molecule has 0 radical (unpaired) electrons. The van der Waals surface area contributed by atoms with Crippen molar-refractivity contribution >= 4 is 11.3 Å². The van der Waals surface area contributed by atoms with Gasteiger partial charge >= 0.3 is 0 Å². The van der Waals surface area contributed by atoms with Crippen molar-refractivity contribution in [3.8, 4) is 10.6 Å². The summed E-state index contributed by atoms with van der Waals surface area (Å²) < 4.78 is 14.9. The van der Waals surface area contributed by atoms with Gasteiger partial charge in [0, 0.05) is 0 Å². The van der Waals surface area contributed by atoms with Crippen LogP contribution in [0.5, 0.6) is 0 Å². The Balaban J connectivity index is 2.00. The topological polar surface area (TPSA) is 50.9 Å². The molecule has 0 unspecified atom stereocenters. The zero-order valence-electron chi connectivity index (χ0n) is 10.5. The van der Waals surface area contributed by atoms with Crippen molar-refractivity contribution in [1.29, 1.82) is 0 Å². The highest BCUT2D eigenvalue weighted by Crippen LogP contribution is 2.27. The van der Waals surface area contributed by atoms with Crippen LogP contribution in [0.25, 0.3) is 10.6 Å². The van der Waals surface area contributed by atoms with Crippen molar-refractivity contribution in [2.75, 3.05) is 0 Å². The summed E-state index contributed by atoms with van der Waals surface area (Å²) in [6.45, 7) is 0.244. The van der Waals surface area contributed by atoms with Gasteiger partial charge in [0.1, 0.15) is 17.2 Å². The first-order valence-electron chi connectivity index (χ1n) is 6.09. The van der Waals surface area contributed by atoms with Gasteiger partial charge in [-0.15, -0.1) is 16.4 Å². The number of rotatable bonds is 4. The fourth-order valence-electron chi connectivity index (χ4n) is 2.06. The van der Waals surface area contributed by atoms with Gasteiger partial charge in [0.2, 0.25) is 0 Å². The Bertz CT molecular complexity index is 709. The Morgan fingerprint density at radius 1 is 1.25 bits per heavy atom. The van der Waals surface area contributed by atoms with E-state index in [1.54, 1.807) is 22.1 Å². The maximum Gasteiger partial charge on any atom is 0.123 e. The van der Waals surface area contributed by atoms with Crippen LogP contribution in [-0.4, -0.2) is 20.1 Å². The Morgan fingerprint density at radius 2 is 2.15 bits per heavy atom. The van der Waals surface area contributed by atoms with Crippen molar-refractivity contribution in [2.24, 2.45) is 0 Å². The van der Waals surface area contributed by atoms with Gasteiger partial charge in [-0.2, -0.15) is 0 Å². The number of aromatic nitrogens is 3. The molecule has 1 aromatic carbocycles. The van der Waals surface area contributed by atoms with Crippen molar-refractivity contribution < 1.29 is 9.50 Å². The van der Waals surface area contributed by atoms with E-state index in [1.807, 2.05) is 23.6 Å². The molecule has 3 aromatic rings. The van der Waals surface area contributed by atoms with Crippen molar-refractivity contribution in [2.45, 2.75) is 13.2 Å². The van der Waals surface area contributed by atoms with Gasteiger partial charge in [-0.05, 0) is 29.1 Å². The number of aliphatic hydroxyl groups excluding tert-OH is 1. The van der Waals surface area contributed by atoms with Gasteiger partial charge in [-0.25, -0.2) is 9.07 Å². The first kappa shape index (κ1) is 13.0. The molecular weight excluding hydrogens is 277 g/mol. The summed E-state index contributed by atoms with van der Waals surface area (Å²) >= 11 is 1.55. The predicted molar refractivity (Wildman–Crippen MR) is 74.8 cm³/mol. The molecule has 0 fully saturated rings. The van der Waals surface area contributed by atoms with Gasteiger partial charge in [-0.1, -0.05) is 23.4 Å². The molecule has 1 N–H and O–H groups in total. The molecule has 0 bridgehead atoms. The van der Waals surface area contributed by atoms with E-state index < -0.39 is 0 Å². The second-order valence-electron chi connectivity index (χ2n) is 4.31. The Hall–Kier alpha value is -2.05. The minimum absolute atomic E-state index is 0.170. The summed E-state index contributed by atoms with van der Waals surface area (Å²) in [5.74, 6) is -0.275. The number of benzene rings is 1. The molecule has 2 heterocycles. The van der Waals surface area contributed by atoms with E-state index in [0.717, 1.165) is 16.1 Å². The third-order valence-electron chi connectivity index (χ3n) is 2.93. The Morgan fingerprint density at radius 3 is 2.85 bits per heavy atom. The number of nitrogens with zero attached hydrogens (tertiary/aromatic N) is 3. The maximum atomic E-state index is 13.2. The Labute approximate surface area is 119 Å². The van der Waals surface area contributed by atoms with Crippen LogP contribution in [0.2, 0.25) is 0 Å². The molecule has 0 spiro atoms. The Kier molecular flexibility index (Phi) is 3.58. The van der Waals surface area contributed by atoms with Crippen LogP contribution in [0.3, 0.4) is 0 Å². The lowest BCUT2D eigenvalue weighted by atomic mass is 10.2. The SMILES string of the molecule is OCc1nnn(Cc2cccc(F)c2)c1-c1cccs1. The van der Waals surface area contributed by atoms with E-state index in [4.69, 9.17) is 0 Å². The molecule has 102 valence electrons. The van der Waals surface area contributed by atoms with Crippen LogP contribution in [0, 0.1) is 5.82 Å². The molecule has 0 atom stereocenters. The first-order valence-corrected chi connectivity index (χ1v) is 6.97. The lowest BCUT2D eigenvalue weighted by Gasteiger charge is -2.06. The molecular formula is C14H12FN3OS. The second-order valence-corrected chi connectivity index (χ2v) is 5.26. The number of thiophene rings is 1. The number of hydrogen-bond acceptors (Lipinski definition) is 4. The standard InChI is InChI=1S/C14H12FN3OS/c15-11-4-1-3-10(7-11)8-18-14(12(9-19)16-17-18)13-5-2-6-20-13/h1-7,19H,8-9H2. The zero-order valence-corrected chi connectivity index (χ0v) is 11.3. The maximum absolute atomic E-state index is 13.2. The molecule has 0 aliphatic rings. The molecule has 0 amide bonds. The van der Waals surface area contributed by atoms with Crippen LogP contribution in [-0.2, 0) is 13.2 Å². The predicted octanol–water partition coefficient (Wildman–Crippen LogP) is 2.69. The van der Waals surface area contributed by atoms with Gasteiger partial charge in [0.25, 0.3) is 0 Å². The summed E-state index contributed by atoms with van der Waals surface area (Å²) in [5.41, 5.74) is 2.12. The molecule has 0 saturated heterocycles. The molecule has 2 aromatic heterocycles. The summed E-state index contributed by atoms with van der Waals surface area (Å²) in [6.07, 6.45) is 0.